The Balaban J connectivity index is 2.34. The monoisotopic (exact) mass is 213 g/mol. The van der Waals surface area contributed by atoms with Crippen LogP contribution >= 0.6 is 0 Å². The molecule has 0 aromatic carbocycles. The zero-order valence-electron chi connectivity index (χ0n) is 9.35. The van der Waals surface area contributed by atoms with E-state index in [1.807, 2.05) is 36.1 Å². The molecule has 0 saturated heterocycles. The SMILES string of the molecule is C#CCCC(NC)c1cnn2ccccc12. The third-order valence-corrected chi connectivity index (χ3v) is 2.76. The lowest BCUT2D eigenvalue weighted by Gasteiger charge is -2.13. The molecular weight excluding hydrogens is 198 g/mol. The smallest absolute Gasteiger partial charge is 0.0709 e. The van der Waals surface area contributed by atoms with E-state index in [9.17, 15) is 0 Å². The van der Waals surface area contributed by atoms with Gasteiger partial charge in [-0.2, -0.15) is 5.10 Å². The molecule has 2 heterocycles. The first kappa shape index (κ1) is 10.7. The Morgan fingerprint density at radius 3 is 3.19 bits per heavy atom. The molecule has 0 bridgehead atoms. The molecule has 0 radical (unpaired) electrons. The van der Waals surface area contributed by atoms with Crippen molar-refractivity contribution in [1.29, 1.82) is 0 Å². The highest BCUT2D eigenvalue weighted by Crippen LogP contribution is 2.22. The van der Waals surface area contributed by atoms with Gasteiger partial charge >= 0.3 is 0 Å². The highest BCUT2D eigenvalue weighted by molar-refractivity contribution is 5.54. The first-order chi connectivity index (χ1) is 7.86. The Morgan fingerprint density at radius 2 is 2.44 bits per heavy atom. The number of hydrogen-bond donors (Lipinski definition) is 1. The molecule has 0 aliphatic rings. The first-order valence-corrected chi connectivity index (χ1v) is 5.40. The molecule has 0 fully saturated rings. The lowest BCUT2D eigenvalue weighted by atomic mass is 10.0. The van der Waals surface area contributed by atoms with Gasteiger partial charge in [-0.1, -0.05) is 6.07 Å². The Hall–Kier alpha value is -1.79. The number of nitrogens with one attached hydrogen (secondary N) is 1. The second-order valence-electron chi connectivity index (χ2n) is 3.71. The van der Waals surface area contributed by atoms with Crippen molar-refractivity contribution >= 4 is 5.52 Å². The highest BCUT2D eigenvalue weighted by atomic mass is 15.2. The number of aromatic nitrogens is 2. The molecule has 1 N–H and O–H groups in total. The minimum Gasteiger partial charge on any atom is -0.313 e. The topological polar surface area (TPSA) is 29.3 Å². The molecule has 1 unspecified atom stereocenters. The van der Waals surface area contributed by atoms with Crippen LogP contribution in [0, 0.1) is 12.3 Å². The van der Waals surface area contributed by atoms with Gasteiger partial charge in [0.1, 0.15) is 0 Å². The molecule has 16 heavy (non-hydrogen) atoms. The van der Waals surface area contributed by atoms with Crippen LogP contribution < -0.4 is 5.32 Å². The fourth-order valence-corrected chi connectivity index (χ4v) is 1.91. The molecule has 0 aliphatic carbocycles. The van der Waals surface area contributed by atoms with E-state index in [1.54, 1.807) is 0 Å². The summed E-state index contributed by atoms with van der Waals surface area (Å²) in [4.78, 5) is 0. The lowest BCUT2D eigenvalue weighted by Crippen LogP contribution is -2.15. The van der Waals surface area contributed by atoms with Gasteiger partial charge in [-0.25, -0.2) is 4.52 Å². The van der Waals surface area contributed by atoms with Gasteiger partial charge in [0.15, 0.2) is 0 Å². The minimum absolute atomic E-state index is 0.274. The van der Waals surface area contributed by atoms with E-state index in [1.165, 1.54) is 5.56 Å². The molecule has 0 amide bonds. The van der Waals surface area contributed by atoms with E-state index >= 15 is 0 Å². The van der Waals surface area contributed by atoms with E-state index in [0.29, 0.717) is 0 Å². The largest absolute Gasteiger partial charge is 0.313 e. The molecule has 0 saturated carbocycles. The van der Waals surface area contributed by atoms with Crippen molar-refractivity contribution in [2.24, 2.45) is 0 Å². The minimum atomic E-state index is 0.274. The summed E-state index contributed by atoms with van der Waals surface area (Å²) in [5, 5.41) is 7.60. The number of terminal acetylenes is 1. The average molecular weight is 213 g/mol. The maximum absolute atomic E-state index is 5.30. The van der Waals surface area contributed by atoms with Crippen molar-refractivity contribution in [3.8, 4) is 12.3 Å². The van der Waals surface area contributed by atoms with E-state index in [4.69, 9.17) is 6.42 Å². The van der Waals surface area contributed by atoms with Gasteiger partial charge in [0.25, 0.3) is 0 Å². The summed E-state index contributed by atoms with van der Waals surface area (Å²) < 4.78 is 1.88. The molecule has 0 aliphatic heterocycles. The van der Waals surface area contributed by atoms with Crippen LogP contribution in [0.25, 0.3) is 5.52 Å². The maximum atomic E-state index is 5.30. The second-order valence-corrected chi connectivity index (χ2v) is 3.71. The number of fused-ring (bicyclic) bond motifs is 1. The Morgan fingerprint density at radius 1 is 1.56 bits per heavy atom. The zero-order chi connectivity index (χ0) is 11.4. The van der Waals surface area contributed by atoms with E-state index in [0.717, 1.165) is 18.4 Å². The number of hydrogen-bond acceptors (Lipinski definition) is 2. The molecule has 3 nitrogen and oxygen atoms in total. The predicted octanol–water partition coefficient (Wildman–Crippen LogP) is 2.01. The van der Waals surface area contributed by atoms with Crippen LogP contribution in [0.4, 0.5) is 0 Å². The van der Waals surface area contributed by atoms with Crippen molar-refractivity contribution in [2.45, 2.75) is 18.9 Å². The van der Waals surface area contributed by atoms with Gasteiger partial charge < -0.3 is 5.32 Å². The molecule has 2 aromatic rings. The summed E-state index contributed by atoms with van der Waals surface area (Å²) in [6, 6.07) is 6.34. The van der Waals surface area contributed by atoms with Crippen molar-refractivity contribution < 1.29 is 0 Å². The third kappa shape index (κ3) is 1.93. The van der Waals surface area contributed by atoms with Crippen molar-refractivity contribution in [3.63, 3.8) is 0 Å². The van der Waals surface area contributed by atoms with Crippen LogP contribution in [0.15, 0.2) is 30.6 Å². The predicted molar refractivity (Wildman–Crippen MR) is 65.1 cm³/mol. The van der Waals surface area contributed by atoms with E-state index in [-0.39, 0.29) is 6.04 Å². The summed E-state index contributed by atoms with van der Waals surface area (Å²) in [6.07, 6.45) is 10.9. The second kappa shape index (κ2) is 4.82. The average Bonchev–Trinajstić information content (AvgIpc) is 2.75. The molecule has 82 valence electrons. The summed E-state index contributed by atoms with van der Waals surface area (Å²) in [7, 11) is 1.95. The van der Waals surface area contributed by atoms with E-state index < -0.39 is 0 Å². The lowest BCUT2D eigenvalue weighted by molar-refractivity contribution is 0.562. The number of nitrogens with zero attached hydrogens (tertiary/aromatic N) is 2. The van der Waals surface area contributed by atoms with Crippen LogP contribution in [-0.2, 0) is 0 Å². The normalized spacial score (nSPS) is 12.5. The molecule has 0 spiro atoms. The third-order valence-electron chi connectivity index (χ3n) is 2.76. The fourth-order valence-electron chi connectivity index (χ4n) is 1.91. The van der Waals surface area contributed by atoms with Crippen LogP contribution in [0.2, 0.25) is 0 Å². The van der Waals surface area contributed by atoms with Gasteiger partial charge in [-0.3, -0.25) is 0 Å². The van der Waals surface area contributed by atoms with Crippen LogP contribution in [-0.4, -0.2) is 16.7 Å². The van der Waals surface area contributed by atoms with Crippen molar-refractivity contribution in [3.05, 3.63) is 36.2 Å². The van der Waals surface area contributed by atoms with Gasteiger partial charge in [0.05, 0.1) is 11.7 Å². The number of pyridine rings is 1. The standard InChI is InChI=1S/C13H15N3/c1-3-4-7-12(14-2)11-10-15-16-9-6-5-8-13(11)16/h1,5-6,8-10,12,14H,4,7H2,2H3. The van der Waals surface area contributed by atoms with Gasteiger partial charge in [-0.15, -0.1) is 12.3 Å². The quantitative estimate of drug-likeness (QED) is 0.787. The molecule has 2 rings (SSSR count). The highest BCUT2D eigenvalue weighted by Gasteiger charge is 2.13. The molecule has 1 atom stereocenters. The molecule has 3 heteroatoms. The van der Waals surface area contributed by atoms with Crippen molar-refractivity contribution in [1.82, 2.24) is 14.9 Å². The summed E-state index contributed by atoms with van der Waals surface area (Å²) in [6.45, 7) is 0. The van der Waals surface area contributed by atoms with Crippen LogP contribution in [0.3, 0.4) is 0 Å². The molecular formula is C13H15N3. The fraction of sp³-hybridized carbons (Fsp3) is 0.308. The van der Waals surface area contributed by atoms with Gasteiger partial charge in [0, 0.05) is 24.2 Å². The Kier molecular flexibility index (Phi) is 3.23. The summed E-state index contributed by atoms with van der Waals surface area (Å²) in [5.74, 6) is 2.68. The summed E-state index contributed by atoms with van der Waals surface area (Å²) >= 11 is 0. The van der Waals surface area contributed by atoms with Gasteiger partial charge in [0.2, 0.25) is 0 Å². The Labute approximate surface area is 95.5 Å². The van der Waals surface area contributed by atoms with E-state index in [2.05, 4.69) is 22.4 Å². The number of rotatable bonds is 4. The van der Waals surface area contributed by atoms with Crippen molar-refractivity contribution in [2.75, 3.05) is 7.05 Å². The summed E-state index contributed by atoms with van der Waals surface area (Å²) in [5.41, 5.74) is 2.34. The van der Waals surface area contributed by atoms with Crippen LogP contribution in [0.1, 0.15) is 24.4 Å². The zero-order valence-corrected chi connectivity index (χ0v) is 9.35. The van der Waals surface area contributed by atoms with Crippen LogP contribution in [0.5, 0.6) is 0 Å². The first-order valence-electron chi connectivity index (χ1n) is 5.40. The Bertz CT molecular complexity index is 507. The van der Waals surface area contributed by atoms with Gasteiger partial charge in [-0.05, 0) is 25.6 Å². The maximum Gasteiger partial charge on any atom is 0.0709 e. The molecule has 2 aromatic heterocycles.